The highest BCUT2D eigenvalue weighted by Gasteiger charge is 2.22. The number of aryl methyl sites for hydroxylation is 1. The first-order valence-electron chi connectivity index (χ1n) is 22.3. The molecule has 0 heterocycles. The van der Waals surface area contributed by atoms with Crippen molar-refractivity contribution < 1.29 is 0 Å². The molecule has 2 heteroatoms. The molecular weight excluding hydrogens is 785 g/mol. The molecule has 0 aliphatic carbocycles. The summed E-state index contributed by atoms with van der Waals surface area (Å²) in [6.07, 6.45) is 0. The van der Waals surface area contributed by atoms with E-state index in [1.807, 2.05) is 36.4 Å². The number of benzene rings is 11. The minimum atomic E-state index is 1.10. The fraction of sp³-hybridized carbons (Fsp3) is 0.0159. The van der Waals surface area contributed by atoms with E-state index in [0.717, 1.165) is 34.1 Å². The molecule has 0 aliphatic rings. The molecule has 0 fully saturated rings. The molecule has 0 saturated heterocycles. The Morgan fingerprint density at radius 2 is 0.492 bits per heavy atom. The molecule has 0 saturated carbocycles. The number of nitrogens with zero attached hydrogens (tertiary/aromatic N) is 2. The second-order valence-corrected chi connectivity index (χ2v) is 16.2. The second kappa shape index (κ2) is 18.9. The Hall–Kier alpha value is -8.46. The van der Waals surface area contributed by atoms with Crippen LogP contribution in [-0.4, -0.2) is 0 Å². The Kier molecular flexibility index (Phi) is 11.8. The van der Waals surface area contributed by atoms with Gasteiger partial charge in [-0.3, -0.25) is 0 Å². The van der Waals surface area contributed by atoms with Gasteiger partial charge in [-0.2, -0.15) is 0 Å². The van der Waals surface area contributed by atoms with Gasteiger partial charge in [0.05, 0.1) is 0 Å². The maximum Gasteiger partial charge on any atom is 0.0468 e. The fourth-order valence-electron chi connectivity index (χ4n) is 8.87. The highest BCUT2D eigenvalue weighted by atomic mass is 15.1. The van der Waals surface area contributed by atoms with E-state index >= 15 is 0 Å². The quantitative estimate of drug-likeness (QED) is 0.134. The van der Waals surface area contributed by atoms with Gasteiger partial charge in [-0.25, -0.2) is 0 Å². The van der Waals surface area contributed by atoms with Gasteiger partial charge in [0.15, 0.2) is 0 Å². The molecule has 0 atom stereocenters. The third kappa shape index (κ3) is 8.67. The topological polar surface area (TPSA) is 6.48 Å². The highest BCUT2D eigenvalue weighted by molar-refractivity contribution is 6.22. The van der Waals surface area contributed by atoms with Gasteiger partial charge in [-0.05, 0) is 135 Å². The summed E-state index contributed by atoms with van der Waals surface area (Å²) in [5.41, 5.74) is 15.1. The molecule has 0 bridgehead atoms. The van der Waals surface area contributed by atoms with Crippen LogP contribution in [0.4, 0.5) is 34.1 Å². The predicted molar refractivity (Wildman–Crippen MR) is 278 cm³/mol. The van der Waals surface area contributed by atoms with E-state index in [1.165, 1.54) is 60.5 Å². The van der Waals surface area contributed by atoms with E-state index in [2.05, 4.69) is 253 Å². The Labute approximate surface area is 382 Å². The maximum atomic E-state index is 2.41. The normalized spacial score (nSPS) is 10.8. The number of hydrogen-bond donors (Lipinski definition) is 0. The van der Waals surface area contributed by atoms with E-state index in [-0.39, 0.29) is 0 Å². The summed E-state index contributed by atoms with van der Waals surface area (Å²) in [5, 5.41) is 4.83. The first-order valence-corrected chi connectivity index (χ1v) is 22.3. The Morgan fingerprint density at radius 3 is 0.892 bits per heavy atom. The molecule has 0 spiro atoms. The van der Waals surface area contributed by atoms with Crippen molar-refractivity contribution in [2.45, 2.75) is 6.92 Å². The van der Waals surface area contributed by atoms with Gasteiger partial charge < -0.3 is 9.80 Å². The molecule has 0 unspecified atom stereocenters. The van der Waals surface area contributed by atoms with E-state index in [9.17, 15) is 0 Å². The van der Waals surface area contributed by atoms with Crippen LogP contribution < -0.4 is 9.80 Å². The number of rotatable bonds is 9. The van der Waals surface area contributed by atoms with Gasteiger partial charge >= 0.3 is 0 Å². The van der Waals surface area contributed by atoms with Crippen LogP contribution in [0.15, 0.2) is 273 Å². The monoisotopic (exact) mass is 832 g/mol. The molecular formula is C63H48N2. The number of hydrogen-bond acceptors (Lipinski definition) is 2. The molecule has 0 aromatic heterocycles. The zero-order valence-electron chi connectivity index (χ0n) is 36.4. The van der Waals surface area contributed by atoms with Crippen molar-refractivity contribution in [3.05, 3.63) is 279 Å². The number of fused-ring (bicyclic) bond motifs is 2. The summed E-state index contributed by atoms with van der Waals surface area (Å²) < 4.78 is 0. The Morgan fingerprint density at radius 1 is 0.215 bits per heavy atom. The molecule has 310 valence electrons. The summed E-state index contributed by atoms with van der Waals surface area (Å²) >= 11 is 0. The van der Waals surface area contributed by atoms with Crippen LogP contribution in [0.1, 0.15) is 5.56 Å². The first-order chi connectivity index (χ1) is 32.2. The van der Waals surface area contributed by atoms with Crippen molar-refractivity contribution in [2.75, 3.05) is 9.80 Å². The Bertz CT molecular complexity index is 3200. The molecule has 0 aliphatic heterocycles. The van der Waals surface area contributed by atoms with Gasteiger partial charge in [0.1, 0.15) is 0 Å². The lowest BCUT2D eigenvalue weighted by Gasteiger charge is -2.28. The smallest absolute Gasteiger partial charge is 0.0468 e. The van der Waals surface area contributed by atoms with Crippen molar-refractivity contribution >= 4 is 55.7 Å². The first kappa shape index (κ1) is 40.6. The number of para-hydroxylation sites is 3. The van der Waals surface area contributed by atoms with Crippen molar-refractivity contribution in [3.8, 4) is 33.4 Å². The van der Waals surface area contributed by atoms with Crippen LogP contribution in [0.25, 0.3) is 54.9 Å². The van der Waals surface area contributed by atoms with Crippen LogP contribution in [0, 0.1) is 6.92 Å². The van der Waals surface area contributed by atoms with Crippen LogP contribution in [-0.2, 0) is 0 Å². The van der Waals surface area contributed by atoms with Crippen molar-refractivity contribution in [2.24, 2.45) is 0 Å². The molecule has 0 amide bonds. The van der Waals surface area contributed by atoms with Crippen LogP contribution in [0.2, 0.25) is 0 Å². The molecule has 2 nitrogen and oxygen atoms in total. The third-order valence-electron chi connectivity index (χ3n) is 11.9. The summed E-state index contributed by atoms with van der Waals surface area (Å²) in [6, 6.07) is 97.5. The summed E-state index contributed by atoms with van der Waals surface area (Å²) in [4.78, 5) is 4.73. The summed E-state index contributed by atoms with van der Waals surface area (Å²) in [6.45, 7) is 2.16. The lowest BCUT2D eigenvalue weighted by Crippen LogP contribution is -2.10. The molecule has 0 radical (unpaired) electrons. The minimum absolute atomic E-state index is 1.10. The lowest BCUT2D eigenvalue weighted by atomic mass is 9.85. The highest BCUT2D eigenvalue weighted by Crippen LogP contribution is 2.48. The zero-order chi connectivity index (χ0) is 43.8. The van der Waals surface area contributed by atoms with Gasteiger partial charge in [0.2, 0.25) is 0 Å². The van der Waals surface area contributed by atoms with E-state index in [4.69, 9.17) is 0 Å². The van der Waals surface area contributed by atoms with E-state index in [0.29, 0.717) is 0 Å². The second-order valence-electron chi connectivity index (χ2n) is 16.2. The maximum absolute atomic E-state index is 2.41. The Balaban J connectivity index is 0.000000769. The molecule has 0 N–H and O–H groups in total. The number of anilines is 6. The molecule has 11 aromatic carbocycles. The van der Waals surface area contributed by atoms with Crippen molar-refractivity contribution in [1.82, 2.24) is 0 Å². The van der Waals surface area contributed by atoms with Crippen molar-refractivity contribution in [1.29, 1.82) is 0 Å². The third-order valence-corrected chi connectivity index (χ3v) is 11.9. The minimum Gasteiger partial charge on any atom is -0.310 e. The molecule has 65 heavy (non-hydrogen) atoms. The van der Waals surface area contributed by atoms with Crippen molar-refractivity contribution in [3.63, 3.8) is 0 Å². The molecule has 11 rings (SSSR count). The SMILES string of the molecule is Cc1ccc(-c2c3ccc(N(c4ccccc4)c4ccccc4)cc3c(-c3ccccc3)c3ccc(N(c4ccccc4)c4ccc(-c5ccccc5)cc4)cc23)cc1.c1ccccc1. The summed E-state index contributed by atoms with van der Waals surface area (Å²) in [7, 11) is 0. The van der Waals surface area contributed by atoms with Gasteiger partial charge in [-0.1, -0.05) is 206 Å². The standard InChI is InChI=1S/C57H42N2.C6H6/c1-41-27-29-45(30-28-41)57-53-38-35-50(58(46-21-11-4-12-22-46)47-23-13-5-14-24-47)39-54(53)56(44-19-9-3-10-20-44)52-37-36-51(40-55(52)57)59(48-25-15-6-16-26-48)49-33-31-43(32-34-49)42-17-7-2-8-18-42;1-2-4-6-5-3-1/h2-40H,1H3;1-6H. The average Bonchev–Trinajstić information content (AvgIpc) is 3.38. The fourth-order valence-corrected chi connectivity index (χ4v) is 8.87. The summed E-state index contributed by atoms with van der Waals surface area (Å²) in [5.74, 6) is 0. The average molecular weight is 833 g/mol. The zero-order valence-corrected chi connectivity index (χ0v) is 36.4. The van der Waals surface area contributed by atoms with Gasteiger partial charge in [0.25, 0.3) is 0 Å². The van der Waals surface area contributed by atoms with Crippen LogP contribution in [0.3, 0.4) is 0 Å². The lowest BCUT2D eigenvalue weighted by molar-refractivity contribution is 1.29. The van der Waals surface area contributed by atoms with Crippen LogP contribution in [0.5, 0.6) is 0 Å². The van der Waals surface area contributed by atoms with Gasteiger partial charge in [0, 0.05) is 34.1 Å². The van der Waals surface area contributed by atoms with E-state index < -0.39 is 0 Å². The molecule has 11 aromatic rings. The van der Waals surface area contributed by atoms with Gasteiger partial charge in [-0.15, -0.1) is 0 Å². The van der Waals surface area contributed by atoms with Crippen LogP contribution >= 0.6 is 0 Å². The predicted octanol–water partition coefficient (Wildman–Crippen LogP) is 17.9. The largest absolute Gasteiger partial charge is 0.310 e. The van der Waals surface area contributed by atoms with E-state index in [1.54, 1.807) is 0 Å².